The van der Waals surface area contributed by atoms with Crippen molar-refractivity contribution in [3.05, 3.63) is 78.7 Å². The first-order valence-corrected chi connectivity index (χ1v) is 10.3. The van der Waals surface area contributed by atoms with E-state index in [1.807, 2.05) is 7.05 Å². The van der Waals surface area contributed by atoms with Gasteiger partial charge in [-0.25, -0.2) is 4.98 Å². The zero-order chi connectivity index (χ0) is 24.4. The number of nitrogens with one attached hydrogen (secondary N) is 2. The molecule has 11 heteroatoms. The number of nitrogens with two attached hydrogens (primary N) is 1. The second kappa shape index (κ2) is 8.98. The molecule has 0 spiro atoms. The molecule has 174 valence electrons. The molecule has 0 aliphatic heterocycles. The van der Waals surface area contributed by atoms with Gasteiger partial charge in [0.1, 0.15) is 17.7 Å². The monoisotopic (exact) mass is 460 g/mol. The molecule has 0 radical (unpaired) electrons. The molecule has 4 aromatic heterocycles. The van der Waals surface area contributed by atoms with Crippen LogP contribution in [-0.4, -0.2) is 41.0 Å². The molecular weight excluding hydrogens is 436 g/mol. The Morgan fingerprint density at radius 1 is 0.882 bits per heavy atom. The van der Waals surface area contributed by atoms with Crippen LogP contribution in [0.5, 0.6) is 0 Å². The number of nitrogen functional groups attached to an aromatic ring is 1. The first-order valence-electron chi connectivity index (χ1n) is 10.3. The van der Waals surface area contributed by atoms with E-state index in [0.717, 1.165) is 5.69 Å². The van der Waals surface area contributed by atoms with Crippen molar-refractivity contribution in [1.82, 2.24) is 23.3 Å². The summed E-state index contributed by atoms with van der Waals surface area (Å²) in [5, 5.41) is 5.61. The highest BCUT2D eigenvalue weighted by Gasteiger charge is 2.16. The summed E-state index contributed by atoms with van der Waals surface area (Å²) in [6, 6.07) is 4.92. The second-order valence-corrected chi connectivity index (χ2v) is 7.81. The average Bonchev–Trinajstić information content (AvgIpc) is 3.55. The Balaban J connectivity index is 1.43. The molecule has 0 aliphatic rings. The summed E-state index contributed by atoms with van der Waals surface area (Å²) in [6.07, 6.45) is 12.6. The first-order chi connectivity index (χ1) is 16.2. The number of nitrogens with zero attached hydrogens (tertiary/aromatic N) is 5. The second-order valence-electron chi connectivity index (χ2n) is 7.81. The van der Waals surface area contributed by atoms with E-state index in [2.05, 4.69) is 15.6 Å². The van der Waals surface area contributed by atoms with Gasteiger partial charge in [-0.1, -0.05) is 0 Å². The van der Waals surface area contributed by atoms with E-state index in [1.165, 1.54) is 23.2 Å². The zero-order valence-corrected chi connectivity index (χ0v) is 18.9. The Morgan fingerprint density at radius 3 is 2.12 bits per heavy atom. The van der Waals surface area contributed by atoms with Gasteiger partial charge >= 0.3 is 0 Å². The minimum absolute atomic E-state index is 0.235. The van der Waals surface area contributed by atoms with Crippen molar-refractivity contribution in [1.29, 1.82) is 0 Å². The van der Waals surface area contributed by atoms with E-state index in [-0.39, 0.29) is 17.7 Å². The van der Waals surface area contributed by atoms with Crippen LogP contribution in [-0.2, 0) is 21.1 Å². The molecule has 0 saturated heterocycles. The molecule has 0 aliphatic carbocycles. The Bertz CT molecular complexity index is 1400. The predicted molar refractivity (Wildman–Crippen MR) is 128 cm³/mol. The third-order valence-electron chi connectivity index (χ3n) is 5.21. The lowest BCUT2D eigenvalue weighted by atomic mass is 10.3. The molecule has 0 fully saturated rings. The fourth-order valence-corrected chi connectivity index (χ4v) is 3.51. The number of aromatic nitrogens is 5. The molecule has 0 atom stereocenters. The van der Waals surface area contributed by atoms with Gasteiger partial charge < -0.3 is 30.1 Å². The molecule has 4 aromatic rings. The maximum absolute atomic E-state index is 12.8. The Labute approximate surface area is 195 Å². The van der Waals surface area contributed by atoms with Crippen LogP contribution in [0.4, 0.5) is 17.1 Å². The summed E-state index contributed by atoms with van der Waals surface area (Å²) in [4.78, 5) is 41.3. The molecule has 0 bridgehead atoms. The van der Waals surface area contributed by atoms with Crippen LogP contribution in [0.15, 0.2) is 61.6 Å². The summed E-state index contributed by atoms with van der Waals surface area (Å²) < 4.78 is 6.40. The third-order valence-corrected chi connectivity index (χ3v) is 5.21. The largest absolute Gasteiger partial charge is 0.397 e. The van der Waals surface area contributed by atoms with Gasteiger partial charge in [-0.15, -0.1) is 0 Å². The van der Waals surface area contributed by atoms with Crippen molar-refractivity contribution in [2.24, 2.45) is 21.1 Å². The highest BCUT2D eigenvalue weighted by molar-refractivity contribution is 6.07. The Hall–Kier alpha value is -4.80. The van der Waals surface area contributed by atoms with Gasteiger partial charge in [-0.2, -0.15) is 0 Å². The van der Waals surface area contributed by atoms with Crippen LogP contribution in [0.25, 0.3) is 6.08 Å². The van der Waals surface area contributed by atoms with Gasteiger partial charge in [0.25, 0.3) is 17.7 Å². The van der Waals surface area contributed by atoms with Gasteiger partial charge in [0.05, 0.1) is 17.1 Å². The first kappa shape index (κ1) is 22.4. The zero-order valence-electron chi connectivity index (χ0n) is 18.9. The summed E-state index contributed by atoms with van der Waals surface area (Å²) in [7, 11) is 5.25. The van der Waals surface area contributed by atoms with E-state index in [4.69, 9.17) is 5.73 Å². The van der Waals surface area contributed by atoms with Gasteiger partial charge in [-0.05, 0) is 24.3 Å². The highest BCUT2D eigenvalue weighted by atomic mass is 16.2. The van der Waals surface area contributed by atoms with Crippen LogP contribution in [0.2, 0.25) is 0 Å². The maximum Gasteiger partial charge on any atom is 0.272 e. The van der Waals surface area contributed by atoms with Crippen LogP contribution < -0.4 is 16.4 Å². The van der Waals surface area contributed by atoms with Crippen molar-refractivity contribution in [3.8, 4) is 0 Å². The fourth-order valence-electron chi connectivity index (χ4n) is 3.51. The van der Waals surface area contributed by atoms with E-state index in [0.29, 0.717) is 28.5 Å². The number of allylic oxidation sites excluding steroid dienone is 1. The lowest BCUT2D eigenvalue weighted by Gasteiger charge is -2.03. The van der Waals surface area contributed by atoms with Crippen molar-refractivity contribution < 1.29 is 14.4 Å². The summed E-state index contributed by atoms with van der Waals surface area (Å²) in [6.45, 7) is 0. The molecule has 2 amide bonds. The van der Waals surface area contributed by atoms with E-state index in [1.54, 1.807) is 76.9 Å². The molecule has 34 heavy (non-hydrogen) atoms. The summed E-state index contributed by atoms with van der Waals surface area (Å²) in [5.41, 5.74) is 8.76. The normalized spacial score (nSPS) is 11.1. The molecule has 0 unspecified atom stereocenters. The topological polar surface area (TPSA) is 134 Å². The molecule has 0 saturated carbocycles. The number of rotatable bonds is 6. The van der Waals surface area contributed by atoms with Gasteiger partial charge in [0, 0.05) is 63.9 Å². The Morgan fingerprint density at radius 2 is 1.50 bits per heavy atom. The van der Waals surface area contributed by atoms with Crippen LogP contribution >= 0.6 is 0 Å². The molecule has 4 heterocycles. The molecular formula is C23H24N8O3. The number of hydrogen-bond donors (Lipinski definition) is 3. The number of anilines is 3. The number of aryl methyl sites for hydroxylation is 3. The van der Waals surface area contributed by atoms with Crippen molar-refractivity contribution in [2.45, 2.75) is 0 Å². The lowest BCUT2D eigenvalue weighted by Crippen LogP contribution is -2.15. The van der Waals surface area contributed by atoms with Crippen LogP contribution in [0, 0.1) is 0 Å². The summed E-state index contributed by atoms with van der Waals surface area (Å²) >= 11 is 0. The third kappa shape index (κ3) is 4.67. The average molecular weight is 460 g/mol. The predicted octanol–water partition coefficient (Wildman–Crippen LogP) is 2.34. The molecule has 4 rings (SSSR count). The van der Waals surface area contributed by atoms with Gasteiger partial charge in [0.2, 0.25) is 0 Å². The van der Waals surface area contributed by atoms with Crippen molar-refractivity contribution in [2.75, 3.05) is 16.4 Å². The number of carbonyl (C=O) groups excluding carboxylic acids is 3. The quantitative estimate of drug-likeness (QED) is 0.380. The fraction of sp³-hybridized carbons (Fsp3) is 0.130. The maximum atomic E-state index is 12.8. The lowest BCUT2D eigenvalue weighted by molar-refractivity contribution is 0.0967. The molecule has 0 aromatic carbocycles. The van der Waals surface area contributed by atoms with Crippen LogP contribution in [0.3, 0.4) is 0 Å². The van der Waals surface area contributed by atoms with Gasteiger partial charge in [-0.3, -0.25) is 19.0 Å². The van der Waals surface area contributed by atoms with E-state index in [9.17, 15) is 14.4 Å². The molecule has 4 N–H and O–H groups in total. The number of hydrogen-bond acceptors (Lipinski definition) is 5. The van der Waals surface area contributed by atoms with E-state index >= 15 is 0 Å². The smallest absolute Gasteiger partial charge is 0.272 e. The highest BCUT2D eigenvalue weighted by Crippen LogP contribution is 2.19. The number of imidazole rings is 1. The van der Waals surface area contributed by atoms with Gasteiger partial charge in [0.15, 0.2) is 0 Å². The van der Waals surface area contributed by atoms with Crippen molar-refractivity contribution >= 4 is 40.9 Å². The minimum Gasteiger partial charge on any atom is -0.397 e. The number of carbonyl (C=O) groups is 3. The van der Waals surface area contributed by atoms with Crippen LogP contribution in [0.1, 0.15) is 31.5 Å². The standard InChI is InChI=1S/C23H24N8O3/c1-28-12-16(9-18(28)4-5-21(32)31-7-6-25-14-31)26-23(34)20-10-17(13-30(20)3)27-22(33)19-8-15(24)11-29(19)2/h4-14H,24H2,1-3H3,(H,26,34)(H,27,33)/b5-4+. The summed E-state index contributed by atoms with van der Waals surface area (Å²) in [5.74, 6) is -0.913. The van der Waals surface area contributed by atoms with E-state index < -0.39 is 0 Å². The SMILES string of the molecule is Cn1cc(NC(=O)c2cc(NC(=O)c3cc(N)cn3C)cn2C)cc1/C=C/C(=O)n1ccnc1. The minimum atomic E-state index is -0.346. The Kier molecular flexibility index (Phi) is 5.92. The van der Waals surface area contributed by atoms with Crippen molar-refractivity contribution in [3.63, 3.8) is 0 Å². The molecule has 11 nitrogen and oxygen atoms in total. The number of amides is 2.